The standard InChI is InChI=1S/C22H45NO7S/c1-3-5-7-9-11-13-15-23(16-14-12-10-8-6-4-2)31(28,29)22-20(27)19(26)21(30-22)18(25)17-24/h18-22,24-27H,3-17H2,1-2H3/t18-,19-,20-,21-,22+/m1/s1. The minimum Gasteiger partial charge on any atom is -0.394 e. The number of aliphatic hydroxyl groups excluding tert-OH is 4. The van der Waals surface area contributed by atoms with E-state index < -0.39 is 46.5 Å². The summed E-state index contributed by atoms with van der Waals surface area (Å²) < 4.78 is 33.3. The highest BCUT2D eigenvalue weighted by molar-refractivity contribution is 7.89. The predicted molar refractivity (Wildman–Crippen MR) is 121 cm³/mol. The Labute approximate surface area is 188 Å². The second-order valence-corrected chi connectivity index (χ2v) is 10.7. The van der Waals surface area contributed by atoms with E-state index in [1.165, 1.54) is 17.1 Å². The Hall–Kier alpha value is -0.290. The number of ether oxygens (including phenoxy) is 1. The molecule has 1 fully saturated rings. The molecule has 0 aromatic carbocycles. The second-order valence-electron chi connectivity index (χ2n) is 8.68. The summed E-state index contributed by atoms with van der Waals surface area (Å²) in [6, 6.07) is 0. The maximum Gasteiger partial charge on any atom is 0.244 e. The van der Waals surface area contributed by atoms with Crippen molar-refractivity contribution in [3.05, 3.63) is 0 Å². The van der Waals surface area contributed by atoms with Crippen LogP contribution < -0.4 is 0 Å². The van der Waals surface area contributed by atoms with E-state index in [2.05, 4.69) is 13.8 Å². The fourth-order valence-corrected chi connectivity index (χ4v) is 5.83. The van der Waals surface area contributed by atoms with Crippen LogP contribution in [0.15, 0.2) is 0 Å². The zero-order valence-electron chi connectivity index (χ0n) is 19.4. The Bertz CT molecular complexity index is 544. The first-order valence-electron chi connectivity index (χ1n) is 12.1. The van der Waals surface area contributed by atoms with Gasteiger partial charge in [0.15, 0.2) is 0 Å². The highest BCUT2D eigenvalue weighted by atomic mass is 32.2. The Kier molecular flexibility index (Phi) is 14.4. The lowest BCUT2D eigenvalue weighted by Gasteiger charge is -2.27. The van der Waals surface area contributed by atoms with Gasteiger partial charge in [-0.3, -0.25) is 0 Å². The number of unbranched alkanes of at least 4 members (excludes halogenated alkanes) is 10. The smallest absolute Gasteiger partial charge is 0.244 e. The van der Waals surface area contributed by atoms with Crippen molar-refractivity contribution in [2.75, 3.05) is 19.7 Å². The van der Waals surface area contributed by atoms with Crippen LogP contribution in [0.1, 0.15) is 90.9 Å². The van der Waals surface area contributed by atoms with E-state index >= 15 is 0 Å². The van der Waals surface area contributed by atoms with Gasteiger partial charge in [0.05, 0.1) is 6.61 Å². The lowest BCUT2D eigenvalue weighted by Crippen LogP contribution is -2.45. The van der Waals surface area contributed by atoms with Gasteiger partial charge in [-0.1, -0.05) is 78.1 Å². The van der Waals surface area contributed by atoms with E-state index in [1.807, 2.05) is 0 Å². The molecule has 0 radical (unpaired) electrons. The molecule has 9 heteroatoms. The molecule has 1 rings (SSSR count). The van der Waals surface area contributed by atoms with Gasteiger partial charge in [0.1, 0.15) is 24.4 Å². The van der Waals surface area contributed by atoms with Crippen molar-refractivity contribution in [1.29, 1.82) is 0 Å². The minimum atomic E-state index is -4.04. The van der Waals surface area contributed by atoms with Crippen LogP contribution in [0.25, 0.3) is 0 Å². The number of rotatable bonds is 18. The molecule has 0 aromatic heterocycles. The maximum absolute atomic E-state index is 13.3. The predicted octanol–water partition coefficient (Wildman–Crippen LogP) is 2.14. The molecule has 0 unspecified atom stereocenters. The number of nitrogens with zero attached hydrogens (tertiary/aromatic N) is 1. The van der Waals surface area contributed by atoms with Crippen molar-refractivity contribution in [2.24, 2.45) is 0 Å². The zero-order chi connectivity index (χ0) is 23.3. The highest BCUT2D eigenvalue weighted by Crippen LogP contribution is 2.29. The molecule has 1 heterocycles. The van der Waals surface area contributed by atoms with E-state index in [9.17, 15) is 23.7 Å². The monoisotopic (exact) mass is 467 g/mol. The molecular weight excluding hydrogens is 422 g/mol. The van der Waals surface area contributed by atoms with Crippen LogP contribution in [0.4, 0.5) is 0 Å². The average molecular weight is 468 g/mol. The topological polar surface area (TPSA) is 128 Å². The summed E-state index contributed by atoms with van der Waals surface area (Å²) in [7, 11) is -4.04. The highest BCUT2D eigenvalue weighted by Gasteiger charge is 2.52. The summed E-state index contributed by atoms with van der Waals surface area (Å²) in [6.07, 6.45) is 6.32. The first-order chi connectivity index (χ1) is 14.8. The van der Waals surface area contributed by atoms with Crippen molar-refractivity contribution in [2.45, 2.75) is 121 Å². The van der Waals surface area contributed by atoms with Gasteiger partial charge in [-0.05, 0) is 12.8 Å². The Morgan fingerprint density at radius 1 is 0.806 bits per heavy atom. The molecule has 1 saturated heterocycles. The summed E-state index contributed by atoms with van der Waals surface area (Å²) >= 11 is 0. The largest absolute Gasteiger partial charge is 0.394 e. The molecule has 0 spiro atoms. The van der Waals surface area contributed by atoms with Crippen LogP contribution >= 0.6 is 0 Å². The third-order valence-corrected chi connectivity index (χ3v) is 8.06. The number of aliphatic hydroxyl groups is 4. The molecule has 0 amide bonds. The number of hydrogen-bond acceptors (Lipinski definition) is 7. The van der Waals surface area contributed by atoms with Crippen molar-refractivity contribution in [3.8, 4) is 0 Å². The van der Waals surface area contributed by atoms with E-state index in [0.29, 0.717) is 13.1 Å². The molecule has 1 aliphatic rings. The van der Waals surface area contributed by atoms with Gasteiger partial charge in [-0.2, -0.15) is 4.31 Å². The molecule has 31 heavy (non-hydrogen) atoms. The average Bonchev–Trinajstić information content (AvgIpc) is 3.06. The molecule has 1 aliphatic heterocycles. The molecular formula is C22H45NO7S. The van der Waals surface area contributed by atoms with Gasteiger partial charge in [0, 0.05) is 13.1 Å². The molecule has 0 aromatic rings. The van der Waals surface area contributed by atoms with Crippen LogP contribution in [0.3, 0.4) is 0 Å². The van der Waals surface area contributed by atoms with Crippen LogP contribution in [0, 0.1) is 0 Å². The summed E-state index contributed by atoms with van der Waals surface area (Å²) in [5.41, 5.74) is -1.64. The molecule has 0 saturated carbocycles. The fraction of sp³-hybridized carbons (Fsp3) is 1.00. The Morgan fingerprint density at radius 2 is 1.26 bits per heavy atom. The summed E-state index contributed by atoms with van der Waals surface area (Å²) in [5, 5.41) is 39.4. The van der Waals surface area contributed by atoms with Gasteiger partial charge in [-0.25, -0.2) is 8.42 Å². The van der Waals surface area contributed by atoms with E-state index in [1.54, 1.807) is 0 Å². The lowest BCUT2D eigenvalue weighted by atomic mass is 10.1. The molecule has 8 nitrogen and oxygen atoms in total. The molecule has 0 aliphatic carbocycles. The first-order valence-corrected chi connectivity index (χ1v) is 13.6. The summed E-state index contributed by atoms with van der Waals surface area (Å²) in [6.45, 7) is 4.30. The van der Waals surface area contributed by atoms with E-state index in [0.717, 1.165) is 64.2 Å². The quantitative estimate of drug-likeness (QED) is 0.227. The van der Waals surface area contributed by atoms with Crippen molar-refractivity contribution >= 4 is 10.0 Å². The third kappa shape index (κ3) is 9.23. The van der Waals surface area contributed by atoms with Crippen LogP contribution in [-0.4, -0.2) is 82.7 Å². The van der Waals surface area contributed by atoms with Crippen LogP contribution in [0.2, 0.25) is 0 Å². The van der Waals surface area contributed by atoms with Crippen molar-refractivity contribution in [3.63, 3.8) is 0 Å². The molecule has 186 valence electrons. The van der Waals surface area contributed by atoms with Crippen molar-refractivity contribution in [1.82, 2.24) is 4.31 Å². The van der Waals surface area contributed by atoms with E-state index in [4.69, 9.17) is 9.84 Å². The number of hydrogen-bond donors (Lipinski definition) is 4. The zero-order valence-corrected chi connectivity index (χ0v) is 20.2. The lowest BCUT2D eigenvalue weighted by molar-refractivity contribution is -0.0724. The van der Waals surface area contributed by atoms with Gasteiger partial charge in [0.2, 0.25) is 15.5 Å². The summed E-state index contributed by atoms with van der Waals surface area (Å²) in [5.74, 6) is 0. The van der Waals surface area contributed by atoms with Crippen LogP contribution in [0.5, 0.6) is 0 Å². The molecule has 4 N–H and O–H groups in total. The maximum atomic E-state index is 13.3. The normalized spacial score (nSPS) is 25.4. The van der Waals surface area contributed by atoms with Gasteiger partial charge < -0.3 is 25.2 Å². The van der Waals surface area contributed by atoms with Gasteiger partial charge >= 0.3 is 0 Å². The van der Waals surface area contributed by atoms with Crippen molar-refractivity contribution < 1.29 is 33.6 Å². The van der Waals surface area contributed by atoms with Gasteiger partial charge in [-0.15, -0.1) is 0 Å². The number of sulfonamides is 1. The Morgan fingerprint density at radius 3 is 1.71 bits per heavy atom. The minimum absolute atomic E-state index is 0.347. The first kappa shape index (κ1) is 28.7. The molecule has 5 atom stereocenters. The Balaban J connectivity index is 2.75. The SMILES string of the molecule is CCCCCCCCN(CCCCCCCC)S(=O)(=O)[C@@H]1O[C@H]([C@H](O)CO)[C@H](O)[C@H]1O. The van der Waals surface area contributed by atoms with E-state index in [-0.39, 0.29) is 0 Å². The fourth-order valence-electron chi connectivity index (χ4n) is 3.99. The molecule has 0 bridgehead atoms. The second kappa shape index (κ2) is 15.5. The van der Waals surface area contributed by atoms with Gasteiger partial charge in [0.25, 0.3) is 0 Å². The third-order valence-electron chi connectivity index (χ3n) is 6.00. The summed E-state index contributed by atoms with van der Waals surface area (Å²) in [4.78, 5) is 0. The van der Waals surface area contributed by atoms with Crippen LogP contribution in [-0.2, 0) is 14.8 Å².